The van der Waals surface area contributed by atoms with Gasteiger partial charge in [0, 0.05) is 4.47 Å². The van der Waals surface area contributed by atoms with Crippen molar-refractivity contribution < 1.29 is 23.1 Å². The summed E-state index contributed by atoms with van der Waals surface area (Å²) >= 11 is 3.17. The fourth-order valence-corrected chi connectivity index (χ4v) is 2.45. The summed E-state index contributed by atoms with van der Waals surface area (Å²) in [5.74, 6) is -1.10. The molecule has 0 unspecified atom stereocenters. The van der Waals surface area contributed by atoms with Gasteiger partial charge >= 0.3 is 5.97 Å². The Balaban J connectivity index is 2.77. The number of aromatic carboxylic acids is 1. The van der Waals surface area contributed by atoms with Crippen LogP contribution in [0.2, 0.25) is 0 Å². The molecule has 0 heterocycles. The van der Waals surface area contributed by atoms with E-state index < -0.39 is 21.1 Å². The summed E-state index contributed by atoms with van der Waals surface area (Å²) in [6.07, 6.45) is 0. The Kier molecular flexibility index (Phi) is 5.37. The molecule has 19 heavy (non-hydrogen) atoms. The third kappa shape index (κ3) is 4.50. The van der Waals surface area contributed by atoms with Gasteiger partial charge in [0.25, 0.3) is 0 Å². The summed E-state index contributed by atoms with van der Waals surface area (Å²) in [5.41, 5.74) is -0.00341. The average molecular weight is 351 g/mol. The summed E-state index contributed by atoms with van der Waals surface area (Å²) in [5, 5.41) is 8.55. The second-order valence-electron chi connectivity index (χ2n) is 4.21. The monoisotopic (exact) mass is 350 g/mol. The van der Waals surface area contributed by atoms with E-state index in [-0.39, 0.29) is 23.7 Å². The molecule has 7 heteroatoms. The van der Waals surface area contributed by atoms with Crippen LogP contribution < -0.4 is 4.74 Å². The van der Waals surface area contributed by atoms with Crippen LogP contribution in [0.15, 0.2) is 22.7 Å². The van der Waals surface area contributed by atoms with Gasteiger partial charge in [-0.05, 0) is 32.0 Å². The third-order valence-electron chi connectivity index (χ3n) is 2.52. The summed E-state index contributed by atoms with van der Waals surface area (Å²) in [7, 11) is -3.19. The molecular formula is C12H15BrO5S. The first kappa shape index (κ1) is 16.0. The van der Waals surface area contributed by atoms with Crippen LogP contribution in [-0.2, 0) is 9.84 Å². The zero-order chi connectivity index (χ0) is 14.6. The molecule has 1 rings (SSSR count). The van der Waals surface area contributed by atoms with Gasteiger partial charge in [-0.2, -0.15) is 0 Å². The van der Waals surface area contributed by atoms with Gasteiger partial charge in [-0.25, -0.2) is 13.2 Å². The first-order valence-corrected chi connectivity index (χ1v) is 8.12. The van der Waals surface area contributed by atoms with Gasteiger partial charge in [-0.3, -0.25) is 0 Å². The van der Waals surface area contributed by atoms with Crippen molar-refractivity contribution in [3.05, 3.63) is 28.2 Å². The second kappa shape index (κ2) is 6.38. The summed E-state index contributed by atoms with van der Waals surface area (Å²) in [6, 6.07) is 4.54. The molecule has 0 saturated carbocycles. The van der Waals surface area contributed by atoms with Gasteiger partial charge in [0.1, 0.15) is 17.9 Å². The summed E-state index contributed by atoms with van der Waals surface area (Å²) in [6.45, 7) is 3.12. The fraction of sp³-hybridized carbons (Fsp3) is 0.417. The highest BCUT2D eigenvalue weighted by Crippen LogP contribution is 2.23. The minimum absolute atomic E-state index is 0.00341. The molecule has 0 fully saturated rings. The molecule has 5 nitrogen and oxygen atoms in total. The Hall–Kier alpha value is -1.08. The Morgan fingerprint density at radius 2 is 2.05 bits per heavy atom. The number of carboxylic acid groups (broad SMARTS) is 1. The van der Waals surface area contributed by atoms with Gasteiger partial charge in [-0.1, -0.05) is 15.9 Å². The van der Waals surface area contributed by atoms with Crippen molar-refractivity contribution >= 4 is 31.7 Å². The molecule has 0 bridgehead atoms. The normalized spacial score (nSPS) is 11.6. The Bertz CT molecular complexity index is 565. The van der Waals surface area contributed by atoms with Crippen molar-refractivity contribution in [3.8, 4) is 5.75 Å². The van der Waals surface area contributed by atoms with E-state index in [0.29, 0.717) is 4.47 Å². The molecule has 0 aliphatic rings. The van der Waals surface area contributed by atoms with Crippen LogP contribution >= 0.6 is 15.9 Å². The number of hydrogen-bond donors (Lipinski definition) is 1. The van der Waals surface area contributed by atoms with Crippen molar-refractivity contribution in [1.82, 2.24) is 0 Å². The molecule has 0 radical (unpaired) electrons. The van der Waals surface area contributed by atoms with Gasteiger partial charge in [-0.15, -0.1) is 0 Å². The topological polar surface area (TPSA) is 80.7 Å². The zero-order valence-corrected chi connectivity index (χ0v) is 13.0. The Morgan fingerprint density at radius 3 is 2.58 bits per heavy atom. The molecule has 0 aliphatic carbocycles. The fourth-order valence-electron chi connectivity index (χ4n) is 1.30. The van der Waals surface area contributed by atoms with Crippen LogP contribution in [-0.4, -0.2) is 37.1 Å². The van der Waals surface area contributed by atoms with Crippen molar-refractivity contribution in [3.63, 3.8) is 0 Å². The number of ether oxygens (including phenoxy) is 1. The van der Waals surface area contributed by atoms with Crippen molar-refractivity contribution in [2.24, 2.45) is 0 Å². The van der Waals surface area contributed by atoms with E-state index in [1.165, 1.54) is 12.1 Å². The maximum Gasteiger partial charge on any atom is 0.339 e. The molecule has 0 aromatic heterocycles. The van der Waals surface area contributed by atoms with E-state index in [1.807, 2.05) is 0 Å². The number of sulfone groups is 1. The lowest BCUT2D eigenvalue weighted by Crippen LogP contribution is -2.22. The molecule has 0 aliphatic heterocycles. The van der Waals surface area contributed by atoms with E-state index >= 15 is 0 Å². The predicted molar refractivity (Wildman–Crippen MR) is 75.5 cm³/mol. The van der Waals surface area contributed by atoms with Crippen LogP contribution in [0.4, 0.5) is 0 Å². The van der Waals surface area contributed by atoms with E-state index in [9.17, 15) is 13.2 Å². The molecule has 1 aromatic rings. The molecule has 1 N–H and O–H groups in total. The van der Waals surface area contributed by atoms with Crippen molar-refractivity contribution in [2.45, 2.75) is 19.1 Å². The van der Waals surface area contributed by atoms with Crippen LogP contribution in [0.5, 0.6) is 5.75 Å². The van der Waals surface area contributed by atoms with Gasteiger partial charge in [0.05, 0.1) is 11.0 Å². The molecule has 0 atom stereocenters. The molecule has 0 spiro atoms. The molecule has 106 valence electrons. The third-order valence-corrected chi connectivity index (χ3v) is 5.18. The van der Waals surface area contributed by atoms with E-state index in [1.54, 1.807) is 19.9 Å². The summed E-state index contributed by atoms with van der Waals surface area (Å²) < 4.78 is 29.1. The number of carboxylic acids is 1. The number of benzene rings is 1. The lowest BCUT2D eigenvalue weighted by Gasteiger charge is -2.11. The average Bonchev–Trinajstić information content (AvgIpc) is 2.30. The van der Waals surface area contributed by atoms with Gasteiger partial charge in [0.15, 0.2) is 9.84 Å². The molecule has 0 amide bonds. The summed E-state index contributed by atoms with van der Waals surface area (Å²) in [4.78, 5) is 11.0. The highest BCUT2D eigenvalue weighted by molar-refractivity contribution is 9.10. The maximum atomic E-state index is 11.6. The number of rotatable bonds is 6. The minimum atomic E-state index is -3.19. The second-order valence-corrected chi connectivity index (χ2v) is 7.80. The van der Waals surface area contributed by atoms with E-state index in [0.717, 1.165) is 0 Å². The lowest BCUT2D eigenvalue weighted by atomic mass is 10.2. The zero-order valence-electron chi connectivity index (χ0n) is 10.6. The highest BCUT2D eigenvalue weighted by atomic mass is 79.9. The lowest BCUT2D eigenvalue weighted by molar-refractivity contribution is 0.0692. The van der Waals surface area contributed by atoms with Crippen molar-refractivity contribution in [2.75, 3.05) is 12.4 Å². The molecule has 0 saturated heterocycles. The largest absolute Gasteiger partial charge is 0.492 e. The number of halogens is 1. The molecule has 1 aromatic carbocycles. The molecular weight excluding hydrogens is 336 g/mol. The first-order valence-electron chi connectivity index (χ1n) is 5.61. The number of carbonyl (C=O) groups is 1. The van der Waals surface area contributed by atoms with Gasteiger partial charge < -0.3 is 9.84 Å². The minimum Gasteiger partial charge on any atom is -0.492 e. The predicted octanol–water partition coefficient (Wildman–Crippen LogP) is 2.35. The Labute approximate surface area is 120 Å². The van der Waals surface area contributed by atoms with Crippen LogP contribution in [0.1, 0.15) is 24.2 Å². The smallest absolute Gasteiger partial charge is 0.339 e. The standard InChI is InChI=1S/C12H15BrO5S/c1-8(2)19(16,17)6-5-18-11-4-3-9(13)7-10(11)12(14)15/h3-4,7-8H,5-6H2,1-2H3,(H,14,15). The number of hydrogen-bond acceptors (Lipinski definition) is 4. The van der Waals surface area contributed by atoms with E-state index in [4.69, 9.17) is 9.84 Å². The van der Waals surface area contributed by atoms with Crippen LogP contribution in [0, 0.1) is 0 Å². The van der Waals surface area contributed by atoms with Gasteiger partial charge in [0.2, 0.25) is 0 Å². The SMILES string of the molecule is CC(C)S(=O)(=O)CCOc1ccc(Br)cc1C(=O)O. The Morgan fingerprint density at radius 1 is 1.42 bits per heavy atom. The van der Waals surface area contributed by atoms with Crippen molar-refractivity contribution in [1.29, 1.82) is 0 Å². The van der Waals surface area contributed by atoms with Crippen LogP contribution in [0.3, 0.4) is 0 Å². The maximum absolute atomic E-state index is 11.6. The quantitative estimate of drug-likeness (QED) is 0.851. The van der Waals surface area contributed by atoms with E-state index in [2.05, 4.69) is 15.9 Å². The highest BCUT2D eigenvalue weighted by Gasteiger charge is 2.17. The first-order chi connectivity index (χ1) is 8.74. The van der Waals surface area contributed by atoms with Crippen LogP contribution in [0.25, 0.3) is 0 Å².